The van der Waals surface area contributed by atoms with Gasteiger partial charge in [-0.1, -0.05) is 6.92 Å². The molecule has 0 spiro atoms. The van der Waals surface area contributed by atoms with Gasteiger partial charge in [-0.3, -0.25) is 14.6 Å². The summed E-state index contributed by atoms with van der Waals surface area (Å²) >= 11 is 0. The van der Waals surface area contributed by atoms with Gasteiger partial charge in [0, 0.05) is 62.3 Å². The molecular weight excluding hydrogens is 433 g/mol. The number of carbonyl (C=O) groups excluding carboxylic acids is 2. The van der Waals surface area contributed by atoms with E-state index in [4.69, 9.17) is 0 Å². The van der Waals surface area contributed by atoms with Crippen molar-refractivity contribution in [3.05, 3.63) is 36.0 Å². The maximum absolute atomic E-state index is 13.5. The van der Waals surface area contributed by atoms with Gasteiger partial charge in [-0.15, -0.1) is 0 Å². The molecule has 0 radical (unpaired) electrons. The molecule has 2 heterocycles. The van der Waals surface area contributed by atoms with Crippen LogP contribution in [0.4, 0.5) is 18.9 Å². The molecule has 0 unspecified atom stereocenters. The number of nitrogens with one attached hydrogen (secondary N) is 1. The van der Waals surface area contributed by atoms with Crippen LogP contribution in [0.2, 0.25) is 0 Å². The number of piperidine rings is 1. The minimum absolute atomic E-state index is 0.0440. The quantitative estimate of drug-likeness (QED) is 0.666. The number of carbonyl (C=O) groups is 2. The molecule has 33 heavy (non-hydrogen) atoms. The number of hydrogen-bond acceptors (Lipinski definition) is 4. The molecule has 1 aromatic carbocycles. The van der Waals surface area contributed by atoms with Gasteiger partial charge in [0.15, 0.2) is 0 Å². The molecular formula is C24H31F3N4O2. The number of hydrogen-bond donors (Lipinski definition) is 1. The van der Waals surface area contributed by atoms with E-state index in [0.29, 0.717) is 37.3 Å². The maximum atomic E-state index is 13.5. The highest BCUT2D eigenvalue weighted by Gasteiger charge is 2.35. The lowest BCUT2D eigenvalue weighted by atomic mass is 9.94. The van der Waals surface area contributed by atoms with Crippen LogP contribution in [0.3, 0.4) is 0 Å². The van der Waals surface area contributed by atoms with Crippen molar-refractivity contribution in [3.63, 3.8) is 0 Å². The summed E-state index contributed by atoms with van der Waals surface area (Å²) in [4.78, 5) is 32.4. The zero-order valence-corrected chi connectivity index (χ0v) is 19.3. The van der Waals surface area contributed by atoms with Crippen molar-refractivity contribution < 1.29 is 22.8 Å². The van der Waals surface area contributed by atoms with Crippen LogP contribution >= 0.6 is 0 Å². The fraction of sp³-hybridized carbons (Fsp3) is 0.542. The van der Waals surface area contributed by atoms with E-state index in [1.807, 2.05) is 18.7 Å². The number of alkyl halides is 3. The molecule has 6 nitrogen and oxygen atoms in total. The Morgan fingerprint density at radius 2 is 1.88 bits per heavy atom. The van der Waals surface area contributed by atoms with Gasteiger partial charge < -0.3 is 15.1 Å². The molecule has 0 bridgehead atoms. The maximum Gasteiger partial charge on any atom is 0.418 e. The van der Waals surface area contributed by atoms with Crippen molar-refractivity contribution in [2.45, 2.75) is 52.3 Å². The van der Waals surface area contributed by atoms with Crippen LogP contribution in [0.15, 0.2) is 30.5 Å². The number of pyridine rings is 1. The van der Waals surface area contributed by atoms with Crippen LogP contribution < -0.4 is 10.2 Å². The van der Waals surface area contributed by atoms with Gasteiger partial charge in [-0.25, -0.2) is 0 Å². The monoisotopic (exact) mass is 464 g/mol. The number of aromatic nitrogens is 1. The van der Waals surface area contributed by atoms with Crippen molar-refractivity contribution in [1.29, 1.82) is 0 Å². The van der Waals surface area contributed by atoms with Crippen LogP contribution in [0.5, 0.6) is 0 Å². The molecule has 180 valence electrons. The summed E-state index contributed by atoms with van der Waals surface area (Å²) in [6.07, 6.45) is -2.08. The Morgan fingerprint density at radius 3 is 2.55 bits per heavy atom. The SMILES string of the molecule is CCN(CC)C(=O)CCC(=O)N[C@@H]1C[C@H](C)CN(c2ccc(C(F)(F)F)c3ncccc23)C1. The largest absolute Gasteiger partial charge is 0.418 e. The second kappa shape index (κ2) is 10.4. The molecule has 2 amide bonds. The Morgan fingerprint density at radius 1 is 1.15 bits per heavy atom. The average Bonchev–Trinajstić information content (AvgIpc) is 2.76. The topological polar surface area (TPSA) is 65.5 Å². The molecule has 0 saturated carbocycles. The molecule has 1 N–H and O–H groups in total. The lowest BCUT2D eigenvalue weighted by molar-refractivity contribution is -0.136. The summed E-state index contributed by atoms with van der Waals surface area (Å²) in [6.45, 7) is 8.24. The van der Waals surface area contributed by atoms with Crippen molar-refractivity contribution >= 4 is 28.4 Å². The Bertz CT molecular complexity index is 991. The summed E-state index contributed by atoms with van der Waals surface area (Å²) in [5.41, 5.74) is -0.153. The van der Waals surface area contributed by atoms with Gasteiger partial charge in [0.25, 0.3) is 0 Å². The Balaban J connectivity index is 1.73. The van der Waals surface area contributed by atoms with E-state index in [-0.39, 0.29) is 42.1 Å². The van der Waals surface area contributed by atoms with Gasteiger partial charge in [-0.2, -0.15) is 13.2 Å². The minimum Gasteiger partial charge on any atom is -0.369 e. The van der Waals surface area contributed by atoms with Crippen LogP contribution in [-0.4, -0.2) is 53.9 Å². The van der Waals surface area contributed by atoms with Crippen molar-refractivity contribution in [3.8, 4) is 0 Å². The zero-order valence-electron chi connectivity index (χ0n) is 19.3. The predicted molar refractivity (Wildman–Crippen MR) is 122 cm³/mol. The van der Waals surface area contributed by atoms with Gasteiger partial charge in [0.05, 0.1) is 11.1 Å². The third-order valence-electron chi connectivity index (χ3n) is 6.10. The highest BCUT2D eigenvalue weighted by molar-refractivity contribution is 5.94. The van der Waals surface area contributed by atoms with Crippen molar-refractivity contribution in [1.82, 2.24) is 15.2 Å². The first-order valence-electron chi connectivity index (χ1n) is 11.4. The summed E-state index contributed by atoms with van der Waals surface area (Å²) in [6, 6.07) is 5.70. The Kier molecular flexibility index (Phi) is 7.81. The fourth-order valence-corrected chi connectivity index (χ4v) is 4.57. The minimum atomic E-state index is -4.49. The summed E-state index contributed by atoms with van der Waals surface area (Å²) in [5.74, 6) is 0.00128. The molecule has 2 atom stereocenters. The number of halogens is 3. The number of fused-ring (bicyclic) bond motifs is 1. The highest BCUT2D eigenvalue weighted by Crippen LogP contribution is 2.38. The molecule has 1 saturated heterocycles. The van der Waals surface area contributed by atoms with Gasteiger partial charge in [0.2, 0.25) is 11.8 Å². The molecule has 9 heteroatoms. The Hall–Kier alpha value is -2.84. The molecule has 3 rings (SSSR count). The van der Waals surface area contributed by atoms with E-state index in [2.05, 4.69) is 17.2 Å². The third-order valence-corrected chi connectivity index (χ3v) is 6.10. The third kappa shape index (κ3) is 5.94. The lowest BCUT2D eigenvalue weighted by Crippen LogP contribution is -2.50. The van der Waals surface area contributed by atoms with E-state index in [0.717, 1.165) is 12.5 Å². The van der Waals surface area contributed by atoms with E-state index >= 15 is 0 Å². The van der Waals surface area contributed by atoms with Gasteiger partial charge >= 0.3 is 6.18 Å². The van der Waals surface area contributed by atoms with E-state index in [1.165, 1.54) is 12.3 Å². The molecule has 0 aliphatic carbocycles. The lowest BCUT2D eigenvalue weighted by Gasteiger charge is -2.39. The van der Waals surface area contributed by atoms with Gasteiger partial charge in [0.1, 0.15) is 0 Å². The molecule has 1 aliphatic rings. The van der Waals surface area contributed by atoms with Crippen LogP contribution in [0, 0.1) is 5.92 Å². The van der Waals surface area contributed by atoms with Gasteiger partial charge in [-0.05, 0) is 50.5 Å². The van der Waals surface area contributed by atoms with Crippen LogP contribution in [0.25, 0.3) is 10.9 Å². The fourth-order valence-electron chi connectivity index (χ4n) is 4.57. The van der Waals surface area contributed by atoms with E-state index in [9.17, 15) is 22.8 Å². The molecule has 1 fully saturated rings. The first-order chi connectivity index (χ1) is 15.6. The smallest absolute Gasteiger partial charge is 0.369 e. The molecule has 1 aromatic heterocycles. The van der Waals surface area contributed by atoms with Crippen molar-refractivity contribution in [2.24, 2.45) is 5.92 Å². The number of anilines is 1. The predicted octanol–water partition coefficient (Wildman–Crippen LogP) is 4.23. The summed E-state index contributed by atoms with van der Waals surface area (Å²) in [7, 11) is 0. The van der Waals surface area contributed by atoms with Crippen LogP contribution in [0.1, 0.15) is 45.6 Å². The van der Waals surface area contributed by atoms with Crippen LogP contribution in [-0.2, 0) is 15.8 Å². The number of amides is 2. The highest BCUT2D eigenvalue weighted by atomic mass is 19.4. The Labute approximate surface area is 192 Å². The molecule has 2 aromatic rings. The number of benzene rings is 1. The first kappa shape index (κ1) is 24.8. The summed E-state index contributed by atoms with van der Waals surface area (Å²) < 4.78 is 40.4. The first-order valence-corrected chi connectivity index (χ1v) is 11.4. The number of rotatable bonds is 7. The average molecular weight is 465 g/mol. The standard InChI is InChI=1S/C24H31F3N4O2/c1-4-30(5-2)22(33)11-10-21(32)29-17-13-16(3)14-31(15-17)20-9-8-19(24(25,26)27)23-18(20)7-6-12-28-23/h6-9,12,16-17H,4-5,10-11,13-15H2,1-3H3,(H,29,32)/t16-,17+/m0/s1. The summed E-state index contributed by atoms with van der Waals surface area (Å²) in [5, 5.41) is 3.46. The zero-order chi connectivity index (χ0) is 24.2. The number of nitrogens with zero attached hydrogens (tertiary/aromatic N) is 3. The van der Waals surface area contributed by atoms with E-state index in [1.54, 1.807) is 17.0 Å². The van der Waals surface area contributed by atoms with Crippen molar-refractivity contribution in [2.75, 3.05) is 31.1 Å². The normalized spacial score (nSPS) is 18.9. The second-order valence-electron chi connectivity index (χ2n) is 8.61. The molecule has 1 aliphatic heterocycles. The second-order valence-corrected chi connectivity index (χ2v) is 8.61. The van der Waals surface area contributed by atoms with E-state index < -0.39 is 11.7 Å².